The number of halogens is 1. The minimum Gasteiger partial charge on any atom is -0.397 e. The number of hydrogen-bond donors (Lipinski definition) is 1. The molecule has 0 radical (unpaired) electrons. The van der Waals surface area contributed by atoms with Crippen LogP contribution in [-0.2, 0) is 9.47 Å². The molecule has 5 heteroatoms. The second kappa shape index (κ2) is 8.19. The van der Waals surface area contributed by atoms with Crippen LogP contribution in [0, 0.1) is 0 Å². The molecule has 0 aromatic heterocycles. The molecule has 0 aliphatic heterocycles. The summed E-state index contributed by atoms with van der Waals surface area (Å²) in [5, 5.41) is 0.688. The summed E-state index contributed by atoms with van der Waals surface area (Å²) in [6, 6.07) is 5.51. The Bertz CT molecular complexity index is 361. The van der Waals surface area contributed by atoms with Gasteiger partial charge in [0.15, 0.2) is 0 Å². The zero-order valence-electron chi connectivity index (χ0n) is 11.0. The monoisotopic (exact) mass is 272 g/mol. The predicted molar refractivity (Wildman–Crippen MR) is 76.4 cm³/mol. The van der Waals surface area contributed by atoms with Crippen LogP contribution in [0.15, 0.2) is 18.2 Å². The van der Waals surface area contributed by atoms with E-state index in [1.165, 1.54) is 0 Å². The molecule has 2 N–H and O–H groups in total. The van der Waals surface area contributed by atoms with Gasteiger partial charge in [-0.05, 0) is 24.6 Å². The van der Waals surface area contributed by atoms with E-state index >= 15 is 0 Å². The molecule has 0 saturated carbocycles. The molecule has 0 saturated heterocycles. The Hall–Kier alpha value is -0.970. The zero-order chi connectivity index (χ0) is 13.4. The van der Waals surface area contributed by atoms with Crippen molar-refractivity contribution in [1.82, 2.24) is 0 Å². The minimum atomic E-state index is 0.652. The van der Waals surface area contributed by atoms with Crippen molar-refractivity contribution < 1.29 is 9.47 Å². The van der Waals surface area contributed by atoms with Crippen LogP contribution in [0.4, 0.5) is 11.4 Å². The number of nitrogen functional groups attached to an aromatic ring is 1. The Labute approximate surface area is 114 Å². The number of nitrogens with two attached hydrogens (primary N) is 1. The van der Waals surface area contributed by atoms with Crippen molar-refractivity contribution in [3.05, 3.63) is 23.2 Å². The van der Waals surface area contributed by atoms with E-state index in [4.69, 9.17) is 26.8 Å². The van der Waals surface area contributed by atoms with Crippen molar-refractivity contribution in [2.75, 3.05) is 51.2 Å². The van der Waals surface area contributed by atoms with Crippen molar-refractivity contribution in [3.63, 3.8) is 0 Å². The number of anilines is 2. The van der Waals surface area contributed by atoms with Gasteiger partial charge in [0.25, 0.3) is 0 Å². The molecule has 0 aliphatic rings. The van der Waals surface area contributed by atoms with Crippen LogP contribution in [0.1, 0.15) is 6.42 Å². The molecule has 0 bridgehead atoms. The SMILES string of the molecule is COCCCN(CCOC)c1cc(Cl)ccc1N. The largest absolute Gasteiger partial charge is 0.397 e. The molecule has 1 aromatic carbocycles. The van der Waals surface area contributed by atoms with Gasteiger partial charge in [-0.1, -0.05) is 11.6 Å². The van der Waals surface area contributed by atoms with E-state index in [0.717, 1.165) is 37.5 Å². The van der Waals surface area contributed by atoms with Gasteiger partial charge in [0.05, 0.1) is 18.0 Å². The summed E-state index contributed by atoms with van der Waals surface area (Å²) in [5.74, 6) is 0. The van der Waals surface area contributed by atoms with Crippen LogP contribution in [-0.4, -0.2) is 40.5 Å². The van der Waals surface area contributed by atoms with Crippen LogP contribution in [0.25, 0.3) is 0 Å². The van der Waals surface area contributed by atoms with Crippen LogP contribution in [0.5, 0.6) is 0 Å². The number of hydrogen-bond acceptors (Lipinski definition) is 4. The topological polar surface area (TPSA) is 47.7 Å². The minimum absolute atomic E-state index is 0.652. The van der Waals surface area contributed by atoms with E-state index < -0.39 is 0 Å². The number of benzene rings is 1. The summed E-state index contributed by atoms with van der Waals surface area (Å²) >= 11 is 6.02. The summed E-state index contributed by atoms with van der Waals surface area (Å²) in [4.78, 5) is 2.17. The van der Waals surface area contributed by atoms with Crippen LogP contribution in [0.2, 0.25) is 5.02 Å². The maximum atomic E-state index is 6.02. The van der Waals surface area contributed by atoms with Crippen molar-refractivity contribution in [1.29, 1.82) is 0 Å². The molecule has 0 aliphatic carbocycles. The zero-order valence-corrected chi connectivity index (χ0v) is 11.7. The highest BCUT2D eigenvalue weighted by atomic mass is 35.5. The van der Waals surface area contributed by atoms with E-state index in [1.807, 2.05) is 12.1 Å². The lowest BCUT2D eigenvalue weighted by Gasteiger charge is -2.26. The molecule has 102 valence electrons. The Kier molecular flexibility index (Phi) is 6.86. The average Bonchev–Trinajstić information content (AvgIpc) is 2.37. The summed E-state index contributed by atoms with van der Waals surface area (Å²) in [6.45, 7) is 3.02. The number of rotatable bonds is 8. The van der Waals surface area contributed by atoms with Gasteiger partial charge in [-0.15, -0.1) is 0 Å². The maximum absolute atomic E-state index is 6.02. The quantitative estimate of drug-likeness (QED) is 0.583. The van der Waals surface area contributed by atoms with Gasteiger partial charge >= 0.3 is 0 Å². The molecule has 0 unspecified atom stereocenters. The van der Waals surface area contributed by atoms with Gasteiger partial charge in [-0.2, -0.15) is 0 Å². The number of nitrogens with zero attached hydrogens (tertiary/aromatic N) is 1. The van der Waals surface area contributed by atoms with E-state index in [1.54, 1.807) is 20.3 Å². The summed E-state index contributed by atoms with van der Waals surface area (Å²) in [6.07, 6.45) is 0.937. The Morgan fingerprint density at radius 3 is 2.56 bits per heavy atom. The van der Waals surface area contributed by atoms with Gasteiger partial charge in [0, 0.05) is 38.9 Å². The first kappa shape index (κ1) is 15.1. The standard InChI is InChI=1S/C13H21ClN2O2/c1-17-8-3-6-16(7-9-18-2)13-10-11(14)4-5-12(13)15/h4-5,10H,3,6-9,15H2,1-2H3. The van der Waals surface area contributed by atoms with Crippen molar-refractivity contribution in [2.45, 2.75) is 6.42 Å². The van der Waals surface area contributed by atoms with E-state index in [9.17, 15) is 0 Å². The lowest BCUT2D eigenvalue weighted by Crippen LogP contribution is -2.29. The highest BCUT2D eigenvalue weighted by molar-refractivity contribution is 6.31. The van der Waals surface area contributed by atoms with Gasteiger partial charge in [-0.25, -0.2) is 0 Å². The molecule has 0 fully saturated rings. The Balaban J connectivity index is 2.75. The lowest BCUT2D eigenvalue weighted by molar-refractivity contribution is 0.191. The van der Waals surface area contributed by atoms with Crippen LogP contribution in [0.3, 0.4) is 0 Å². The number of methoxy groups -OCH3 is 2. The van der Waals surface area contributed by atoms with Crippen LogP contribution < -0.4 is 10.6 Å². The van der Waals surface area contributed by atoms with Crippen LogP contribution >= 0.6 is 11.6 Å². The molecule has 0 amide bonds. The fourth-order valence-electron chi connectivity index (χ4n) is 1.74. The molecule has 4 nitrogen and oxygen atoms in total. The third kappa shape index (κ3) is 4.72. The highest BCUT2D eigenvalue weighted by Gasteiger charge is 2.10. The third-order valence-corrected chi connectivity index (χ3v) is 2.91. The molecular weight excluding hydrogens is 252 g/mol. The smallest absolute Gasteiger partial charge is 0.0637 e. The first-order valence-corrected chi connectivity index (χ1v) is 6.34. The summed E-state index contributed by atoms with van der Waals surface area (Å²) in [5.41, 5.74) is 7.68. The van der Waals surface area contributed by atoms with Crippen molar-refractivity contribution in [2.24, 2.45) is 0 Å². The average molecular weight is 273 g/mol. The maximum Gasteiger partial charge on any atom is 0.0637 e. The molecule has 1 rings (SSSR count). The second-order valence-electron chi connectivity index (χ2n) is 4.03. The van der Waals surface area contributed by atoms with E-state index in [0.29, 0.717) is 11.6 Å². The van der Waals surface area contributed by atoms with Crippen molar-refractivity contribution >= 4 is 23.0 Å². The molecule has 0 heterocycles. The van der Waals surface area contributed by atoms with E-state index in [-0.39, 0.29) is 0 Å². The highest BCUT2D eigenvalue weighted by Crippen LogP contribution is 2.27. The number of ether oxygens (including phenoxy) is 2. The van der Waals surface area contributed by atoms with Gasteiger partial charge < -0.3 is 20.1 Å². The van der Waals surface area contributed by atoms with Gasteiger partial charge in [-0.3, -0.25) is 0 Å². The third-order valence-electron chi connectivity index (χ3n) is 2.67. The fraction of sp³-hybridized carbons (Fsp3) is 0.538. The van der Waals surface area contributed by atoms with Gasteiger partial charge in [0.2, 0.25) is 0 Å². The predicted octanol–water partition coefficient (Wildman–Crippen LogP) is 2.41. The summed E-state index contributed by atoms with van der Waals surface area (Å²) in [7, 11) is 3.39. The van der Waals surface area contributed by atoms with Crippen molar-refractivity contribution in [3.8, 4) is 0 Å². The lowest BCUT2D eigenvalue weighted by atomic mass is 10.2. The van der Waals surface area contributed by atoms with Gasteiger partial charge in [0.1, 0.15) is 0 Å². The molecule has 0 spiro atoms. The molecule has 18 heavy (non-hydrogen) atoms. The Morgan fingerprint density at radius 2 is 1.89 bits per heavy atom. The normalized spacial score (nSPS) is 10.6. The molecule has 0 atom stereocenters. The fourth-order valence-corrected chi connectivity index (χ4v) is 1.91. The Morgan fingerprint density at radius 1 is 1.17 bits per heavy atom. The molecule has 1 aromatic rings. The first-order chi connectivity index (χ1) is 8.69. The summed E-state index contributed by atoms with van der Waals surface area (Å²) < 4.78 is 10.2. The molecular formula is C13H21ClN2O2. The van der Waals surface area contributed by atoms with E-state index in [2.05, 4.69) is 4.90 Å². The first-order valence-electron chi connectivity index (χ1n) is 5.97. The second-order valence-corrected chi connectivity index (χ2v) is 4.47.